The molecule has 110 valence electrons. The van der Waals surface area contributed by atoms with Crippen molar-refractivity contribution in [2.75, 3.05) is 5.32 Å². The molecule has 2 aromatic rings. The van der Waals surface area contributed by atoms with E-state index in [0.29, 0.717) is 0 Å². The molecule has 1 aromatic carbocycles. The maximum Gasteiger partial charge on any atom is 0.275 e. The number of nitrogens with one attached hydrogen (secondary N) is 1. The Morgan fingerprint density at radius 3 is 2.29 bits per heavy atom. The van der Waals surface area contributed by atoms with Crippen molar-refractivity contribution in [1.82, 2.24) is 9.97 Å². The Kier molecular flexibility index (Phi) is 4.43. The Morgan fingerprint density at radius 2 is 1.81 bits per heavy atom. The highest BCUT2D eigenvalue weighted by molar-refractivity contribution is 7.89. The second kappa shape index (κ2) is 5.94. The average molecular weight is 347 g/mol. The molecule has 1 heterocycles. The molecule has 0 saturated heterocycles. The Labute approximate surface area is 130 Å². The molecule has 0 spiro atoms. The summed E-state index contributed by atoms with van der Waals surface area (Å²) in [6.07, 6.45) is 4.02. The number of hydrogen-bond donors (Lipinski definition) is 2. The van der Waals surface area contributed by atoms with Crippen LogP contribution in [0.2, 0.25) is 10.0 Å². The number of nitrogens with two attached hydrogens (primary N) is 1. The van der Waals surface area contributed by atoms with Crippen molar-refractivity contribution >= 4 is 44.8 Å². The predicted octanol–water partition coefficient (Wildman–Crippen LogP) is 1.68. The van der Waals surface area contributed by atoms with E-state index in [9.17, 15) is 13.2 Å². The van der Waals surface area contributed by atoms with Crippen LogP contribution in [-0.2, 0) is 10.0 Å². The van der Waals surface area contributed by atoms with Crippen molar-refractivity contribution in [2.45, 2.75) is 4.90 Å². The summed E-state index contributed by atoms with van der Waals surface area (Å²) in [6, 6.07) is 2.18. The first-order valence-corrected chi connectivity index (χ1v) is 7.68. The molecule has 2 rings (SSSR count). The van der Waals surface area contributed by atoms with Gasteiger partial charge in [-0.15, -0.1) is 0 Å². The van der Waals surface area contributed by atoms with Gasteiger partial charge in [-0.25, -0.2) is 18.5 Å². The first-order valence-electron chi connectivity index (χ1n) is 5.38. The molecule has 0 atom stereocenters. The number of hydrogen-bond acceptors (Lipinski definition) is 5. The fraction of sp³-hybridized carbons (Fsp3) is 0. The fourth-order valence-corrected chi connectivity index (χ4v) is 2.70. The molecule has 0 fully saturated rings. The van der Waals surface area contributed by atoms with E-state index in [1.165, 1.54) is 18.6 Å². The van der Waals surface area contributed by atoms with Gasteiger partial charge in [-0.2, -0.15) is 0 Å². The first kappa shape index (κ1) is 15.6. The molecule has 1 amide bonds. The zero-order valence-corrected chi connectivity index (χ0v) is 12.6. The lowest BCUT2D eigenvalue weighted by Crippen LogP contribution is -2.16. The van der Waals surface area contributed by atoms with Crippen molar-refractivity contribution in [3.8, 4) is 0 Å². The van der Waals surface area contributed by atoms with Crippen LogP contribution in [-0.4, -0.2) is 24.3 Å². The van der Waals surface area contributed by atoms with Gasteiger partial charge in [0.15, 0.2) is 0 Å². The lowest BCUT2D eigenvalue weighted by molar-refractivity contribution is 0.102. The molecule has 21 heavy (non-hydrogen) atoms. The Balaban J connectivity index is 2.36. The molecule has 0 aliphatic carbocycles. The number of primary sulfonamides is 1. The number of aromatic nitrogens is 2. The van der Waals surface area contributed by atoms with Crippen molar-refractivity contribution in [2.24, 2.45) is 5.14 Å². The Morgan fingerprint density at radius 1 is 1.19 bits per heavy atom. The van der Waals surface area contributed by atoms with E-state index in [0.717, 1.165) is 12.1 Å². The Hall–Kier alpha value is -1.74. The second-order valence-corrected chi connectivity index (χ2v) is 6.23. The van der Waals surface area contributed by atoms with Crippen LogP contribution in [0.4, 0.5) is 5.69 Å². The molecule has 0 unspecified atom stereocenters. The summed E-state index contributed by atoms with van der Waals surface area (Å²) in [5.74, 6) is -0.588. The number of nitrogens with zero attached hydrogens (tertiary/aromatic N) is 2. The van der Waals surface area contributed by atoms with Gasteiger partial charge in [-0.1, -0.05) is 23.2 Å². The van der Waals surface area contributed by atoms with Gasteiger partial charge < -0.3 is 5.32 Å². The number of sulfonamides is 1. The number of amides is 1. The summed E-state index contributed by atoms with van der Waals surface area (Å²) in [6.45, 7) is 0. The number of halogens is 2. The third-order valence-electron chi connectivity index (χ3n) is 2.38. The van der Waals surface area contributed by atoms with Crippen LogP contribution < -0.4 is 10.5 Å². The van der Waals surface area contributed by atoms with Gasteiger partial charge in [0.1, 0.15) is 5.69 Å². The van der Waals surface area contributed by atoms with Gasteiger partial charge in [0.05, 0.1) is 26.8 Å². The molecule has 0 aliphatic rings. The normalized spacial score (nSPS) is 11.2. The molecule has 1 aromatic heterocycles. The molecule has 0 saturated carbocycles. The third kappa shape index (κ3) is 3.67. The van der Waals surface area contributed by atoms with E-state index in [2.05, 4.69) is 15.3 Å². The topological polar surface area (TPSA) is 115 Å². The van der Waals surface area contributed by atoms with Crippen molar-refractivity contribution < 1.29 is 13.2 Å². The van der Waals surface area contributed by atoms with Gasteiger partial charge in [0, 0.05) is 12.4 Å². The summed E-state index contributed by atoms with van der Waals surface area (Å²) in [5, 5.41) is 7.29. The second-order valence-electron chi connectivity index (χ2n) is 3.85. The third-order valence-corrected chi connectivity index (χ3v) is 3.87. The number of carbonyl (C=O) groups excluding carboxylic acids is 1. The summed E-state index contributed by atoms with van der Waals surface area (Å²) in [7, 11) is -3.95. The van der Waals surface area contributed by atoms with Gasteiger partial charge in [0.2, 0.25) is 10.0 Å². The number of benzene rings is 1. The van der Waals surface area contributed by atoms with Gasteiger partial charge >= 0.3 is 0 Å². The van der Waals surface area contributed by atoms with Crippen LogP contribution in [0.15, 0.2) is 35.6 Å². The monoisotopic (exact) mass is 346 g/mol. The summed E-state index contributed by atoms with van der Waals surface area (Å²) < 4.78 is 22.5. The number of rotatable bonds is 3. The largest absolute Gasteiger partial charge is 0.318 e. The predicted molar refractivity (Wildman–Crippen MR) is 77.8 cm³/mol. The average Bonchev–Trinajstić information content (AvgIpc) is 2.42. The van der Waals surface area contributed by atoms with E-state index in [-0.39, 0.29) is 26.3 Å². The molecular weight excluding hydrogens is 339 g/mol. The van der Waals surface area contributed by atoms with Gasteiger partial charge in [-0.3, -0.25) is 9.78 Å². The molecular formula is C11H8Cl2N4O3S. The summed E-state index contributed by atoms with van der Waals surface area (Å²) in [4.78, 5) is 19.2. The van der Waals surface area contributed by atoms with Crippen molar-refractivity contribution in [3.05, 3.63) is 46.5 Å². The molecule has 7 nitrogen and oxygen atoms in total. The Bertz CT molecular complexity index is 773. The summed E-state index contributed by atoms with van der Waals surface area (Å²) >= 11 is 11.8. The van der Waals surface area contributed by atoms with Crippen LogP contribution >= 0.6 is 23.2 Å². The molecule has 0 bridgehead atoms. The van der Waals surface area contributed by atoms with Crippen LogP contribution in [0.3, 0.4) is 0 Å². The maximum absolute atomic E-state index is 11.9. The lowest BCUT2D eigenvalue weighted by Gasteiger charge is -2.10. The fourth-order valence-electron chi connectivity index (χ4n) is 1.43. The van der Waals surface area contributed by atoms with Crippen LogP contribution in [0, 0.1) is 0 Å². The van der Waals surface area contributed by atoms with Crippen molar-refractivity contribution in [3.63, 3.8) is 0 Å². The molecule has 0 radical (unpaired) electrons. The minimum Gasteiger partial charge on any atom is -0.318 e. The summed E-state index contributed by atoms with van der Waals surface area (Å²) in [5.41, 5.74) is 0.113. The molecule has 10 heteroatoms. The van der Waals surface area contributed by atoms with Gasteiger partial charge in [-0.05, 0) is 12.1 Å². The quantitative estimate of drug-likeness (QED) is 0.877. The van der Waals surface area contributed by atoms with E-state index >= 15 is 0 Å². The number of anilines is 1. The first-order chi connectivity index (χ1) is 9.79. The van der Waals surface area contributed by atoms with Crippen LogP contribution in [0.1, 0.15) is 10.5 Å². The zero-order valence-electron chi connectivity index (χ0n) is 10.2. The highest BCUT2D eigenvalue weighted by Gasteiger charge is 2.17. The van der Waals surface area contributed by atoms with Gasteiger partial charge in [0.25, 0.3) is 5.91 Å². The van der Waals surface area contributed by atoms with Crippen molar-refractivity contribution in [1.29, 1.82) is 0 Å². The maximum atomic E-state index is 11.9. The highest BCUT2D eigenvalue weighted by Crippen LogP contribution is 2.33. The lowest BCUT2D eigenvalue weighted by atomic mass is 10.3. The standard InChI is InChI=1S/C11H8Cl2N4O3S/c12-7-3-6(21(14,19)20)4-8(13)10(7)17-11(18)9-5-15-1-2-16-9/h1-5H,(H,17,18)(H2,14,19,20). The van der Waals surface area contributed by atoms with Crippen LogP contribution in [0.25, 0.3) is 0 Å². The highest BCUT2D eigenvalue weighted by atomic mass is 35.5. The van der Waals surface area contributed by atoms with E-state index in [1.54, 1.807) is 0 Å². The molecule has 3 N–H and O–H groups in total. The van der Waals surface area contributed by atoms with Crippen LogP contribution in [0.5, 0.6) is 0 Å². The van der Waals surface area contributed by atoms with E-state index in [4.69, 9.17) is 28.3 Å². The van der Waals surface area contributed by atoms with E-state index < -0.39 is 15.9 Å². The number of carbonyl (C=O) groups is 1. The van der Waals surface area contributed by atoms with E-state index in [1.807, 2.05) is 0 Å². The minimum absolute atomic E-state index is 0.0557. The minimum atomic E-state index is -3.95. The SMILES string of the molecule is NS(=O)(=O)c1cc(Cl)c(NC(=O)c2cnccn2)c(Cl)c1. The zero-order chi connectivity index (χ0) is 15.6. The smallest absolute Gasteiger partial charge is 0.275 e. The molecule has 0 aliphatic heterocycles.